The molecule has 0 saturated carbocycles. The first-order valence-corrected chi connectivity index (χ1v) is 17.8. The molecular formula is C30H41N2O9PS. The van der Waals surface area contributed by atoms with Crippen LogP contribution in [0.5, 0.6) is 11.5 Å². The molecule has 2 N–H and O–H groups in total. The quantitative estimate of drug-likeness (QED) is 0.163. The first-order chi connectivity index (χ1) is 20.2. The molecule has 1 heterocycles. The SMILES string of the molecule is CCOC(=O)[C@H](C)NP(=O)(CCN(C/C(C)=C/Cc1c(O)c2c(c(C)c1CC)COC2=O)S(C)(=O)=O)Oc1ccccc1. The smallest absolute Gasteiger partial charge is 0.342 e. The van der Waals surface area contributed by atoms with Gasteiger partial charge in [0.15, 0.2) is 0 Å². The van der Waals surface area contributed by atoms with Gasteiger partial charge >= 0.3 is 19.5 Å². The number of aromatic hydroxyl groups is 1. The monoisotopic (exact) mass is 636 g/mol. The normalized spacial score (nSPS) is 15.5. The second-order valence-electron chi connectivity index (χ2n) is 10.5. The molecule has 0 amide bonds. The summed E-state index contributed by atoms with van der Waals surface area (Å²) in [6.07, 6.45) is 3.55. The van der Waals surface area contributed by atoms with Crippen LogP contribution in [0.4, 0.5) is 0 Å². The van der Waals surface area contributed by atoms with Crippen LogP contribution in [0.15, 0.2) is 42.0 Å². The molecule has 2 aromatic rings. The van der Waals surface area contributed by atoms with Gasteiger partial charge in [0.25, 0.3) is 0 Å². The molecule has 43 heavy (non-hydrogen) atoms. The molecule has 0 aliphatic carbocycles. The zero-order valence-electron chi connectivity index (χ0n) is 25.5. The number of nitrogens with zero attached hydrogens (tertiary/aromatic N) is 1. The number of ether oxygens (including phenoxy) is 2. The van der Waals surface area contributed by atoms with Crippen LogP contribution in [0.2, 0.25) is 0 Å². The average Bonchev–Trinajstić information content (AvgIpc) is 3.34. The third kappa shape index (κ3) is 8.69. The highest BCUT2D eigenvalue weighted by molar-refractivity contribution is 7.88. The number of carbonyl (C=O) groups excluding carboxylic acids is 2. The van der Waals surface area contributed by atoms with Gasteiger partial charge in [-0.1, -0.05) is 36.8 Å². The van der Waals surface area contributed by atoms with E-state index < -0.39 is 35.5 Å². The van der Waals surface area contributed by atoms with Crippen molar-refractivity contribution in [1.82, 2.24) is 9.39 Å². The number of carbonyl (C=O) groups is 2. The van der Waals surface area contributed by atoms with Gasteiger partial charge in [-0.15, -0.1) is 0 Å². The maximum atomic E-state index is 13.9. The van der Waals surface area contributed by atoms with Gasteiger partial charge in [0, 0.05) is 24.2 Å². The Morgan fingerprint density at radius 1 is 1.23 bits per heavy atom. The third-order valence-corrected chi connectivity index (χ3v) is 10.5. The number of para-hydroxylation sites is 1. The lowest BCUT2D eigenvalue weighted by atomic mass is 9.89. The van der Waals surface area contributed by atoms with Crippen molar-refractivity contribution in [1.29, 1.82) is 0 Å². The maximum Gasteiger partial charge on any atom is 0.342 e. The number of benzene rings is 2. The molecule has 0 saturated heterocycles. The Bertz CT molecular complexity index is 1520. The predicted molar refractivity (Wildman–Crippen MR) is 164 cm³/mol. The zero-order chi connectivity index (χ0) is 31.9. The highest BCUT2D eigenvalue weighted by Crippen LogP contribution is 2.44. The van der Waals surface area contributed by atoms with E-state index in [2.05, 4.69) is 5.09 Å². The van der Waals surface area contributed by atoms with E-state index in [1.165, 1.54) is 11.2 Å². The minimum Gasteiger partial charge on any atom is -0.507 e. The van der Waals surface area contributed by atoms with Crippen LogP contribution >= 0.6 is 7.52 Å². The number of cyclic esters (lactones) is 1. The predicted octanol–water partition coefficient (Wildman–Crippen LogP) is 4.50. The van der Waals surface area contributed by atoms with Crippen molar-refractivity contribution in [2.45, 2.75) is 60.1 Å². The summed E-state index contributed by atoms with van der Waals surface area (Å²) >= 11 is 0. The first kappa shape index (κ1) is 34.3. The second-order valence-corrected chi connectivity index (χ2v) is 14.7. The van der Waals surface area contributed by atoms with Crippen LogP contribution in [0, 0.1) is 6.92 Å². The molecule has 13 heteroatoms. The largest absolute Gasteiger partial charge is 0.507 e. The van der Waals surface area contributed by atoms with Crippen LogP contribution in [0.3, 0.4) is 0 Å². The summed E-state index contributed by atoms with van der Waals surface area (Å²) in [4.78, 5) is 24.5. The van der Waals surface area contributed by atoms with Gasteiger partial charge in [-0.05, 0) is 63.8 Å². The van der Waals surface area contributed by atoms with Crippen LogP contribution in [0.25, 0.3) is 0 Å². The second kappa shape index (κ2) is 14.5. The van der Waals surface area contributed by atoms with Gasteiger partial charge in [-0.25, -0.2) is 18.3 Å². The molecule has 236 valence electrons. The van der Waals surface area contributed by atoms with Crippen molar-refractivity contribution in [3.05, 3.63) is 69.8 Å². The molecule has 0 aromatic heterocycles. The molecule has 11 nitrogen and oxygen atoms in total. The summed E-state index contributed by atoms with van der Waals surface area (Å²) < 4.78 is 56.7. The van der Waals surface area contributed by atoms with Crippen LogP contribution < -0.4 is 9.61 Å². The molecule has 1 aliphatic heterocycles. The summed E-state index contributed by atoms with van der Waals surface area (Å²) in [6, 6.07) is 7.45. The van der Waals surface area contributed by atoms with Crippen molar-refractivity contribution in [2.24, 2.45) is 0 Å². The van der Waals surface area contributed by atoms with E-state index >= 15 is 0 Å². The Hall–Kier alpha value is -3.18. The molecule has 2 aromatic carbocycles. The number of hydrogen-bond donors (Lipinski definition) is 2. The molecular weight excluding hydrogens is 595 g/mol. The number of allylic oxidation sites excluding steroid dienone is 1. The molecule has 3 rings (SSSR count). The van der Waals surface area contributed by atoms with Gasteiger partial charge in [-0.2, -0.15) is 4.31 Å². The Morgan fingerprint density at radius 2 is 1.91 bits per heavy atom. The minimum absolute atomic E-state index is 0.00815. The molecule has 1 unspecified atom stereocenters. The number of sulfonamides is 1. The van der Waals surface area contributed by atoms with Crippen molar-refractivity contribution < 1.29 is 41.7 Å². The molecule has 0 radical (unpaired) electrons. The highest BCUT2D eigenvalue weighted by atomic mass is 32.2. The van der Waals surface area contributed by atoms with Crippen LogP contribution in [0.1, 0.15) is 60.3 Å². The van der Waals surface area contributed by atoms with Crippen molar-refractivity contribution in [2.75, 3.05) is 32.1 Å². The Labute approximate surface area is 253 Å². The number of phenolic OH excluding ortho intramolecular Hbond substituents is 1. The third-order valence-electron chi connectivity index (χ3n) is 7.22. The number of nitrogens with one attached hydrogen (secondary N) is 1. The number of phenols is 1. The van der Waals surface area contributed by atoms with E-state index in [1.807, 2.05) is 13.8 Å². The lowest BCUT2D eigenvalue weighted by Crippen LogP contribution is -2.39. The Balaban J connectivity index is 1.82. The lowest BCUT2D eigenvalue weighted by Gasteiger charge is -2.26. The molecule has 0 spiro atoms. The fourth-order valence-electron chi connectivity index (χ4n) is 4.97. The standard InChI is InChI=1S/C30H41N2O9PS/c1-7-24-21(4)26-19-40-30(35)27(26)28(33)25(24)15-14-20(3)18-32(43(6,37)38)16-17-42(36,31-22(5)29(34)39-8-2)41-23-12-10-9-11-13-23/h9-14,22,33H,7-8,15-19H2,1-6H3,(H,31,36)/b20-14+/t22-,42?/m0/s1. The van der Waals surface area contributed by atoms with E-state index in [1.54, 1.807) is 50.3 Å². The van der Waals surface area contributed by atoms with Gasteiger partial charge in [0.2, 0.25) is 10.0 Å². The maximum absolute atomic E-state index is 13.9. The highest BCUT2D eigenvalue weighted by Gasteiger charge is 2.33. The van der Waals surface area contributed by atoms with Crippen LogP contribution in [-0.2, 0) is 48.3 Å². The number of hydrogen-bond acceptors (Lipinski definition) is 9. The van der Waals surface area contributed by atoms with Crippen molar-refractivity contribution in [3.63, 3.8) is 0 Å². The van der Waals surface area contributed by atoms with Gasteiger partial charge in [-0.3, -0.25) is 9.36 Å². The Morgan fingerprint density at radius 3 is 2.51 bits per heavy atom. The average molecular weight is 637 g/mol. The zero-order valence-corrected chi connectivity index (χ0v) is 27.2. The van der Waals surface area contributed by atoms with Gasteiger partial charge < -0.3 is 19.1 Å². The molecule has 1 aliphatic rings. The number of esters is 2. The van der Waals surface area contributed by atoms with Crippen molar-refractivity contribution >= 4 is 29.5 Å². The first-order valence-electron chi connectivity index (χ1n) is 14.1. The summed E-state index contributed by atoms with van der Waals surface area (Å²) in [5.41, 5.74) is 3.98. The Kier molecular flexibility index (Phi) is 11.6. The molecule has 0 bridgehead atoms. The van der Waals surface area contributed by atoms with Crippen LogP contribution in [-0.4, -0.2) is 67.9 Å². The summed E-state index contributed by atoms with van der Waals surface area (Å²) in [6.45, 7) is 8.89. The molecule has 2 atom stereocenters. The number of fused-ring (bicyclic) bond motifs is 1. The van der Waals surface area contributed by atoms with Gasteiger partial charge in [0.1, 0.15) is 29.7 Å². The van der Waals surface area contributed by atoms with E-state index in [-0.39, 0.29) is 50.2 Å². The van der Waals surface area contributed by atoms with E-state index in [4.69, 9.17) is 14.0 Å². The fraction of sp³-hybridized carbons (Fsp3) is 0.467. The van der Waals surface area contributed by atoms with E-state index in [0.717, 1.165) is 17.4 Å². The fourth-order valence-corrected chi connectivity index (χ4v) is 7.90. The van der Waals surface area contributed by atoms with E-state index in [9.17, 15) is 27.7 Å². The van der Waals surface area contributed by atoms with Crippen molar-refractivity contribution in [3.8, 4) is 11.5 Å². The molecule has 0 fully saturated rings. The summed E-state index contributed by atoms with van der Waals surface area (Å²) in [7, 11) is -7.54. The lowest BCUT2D eigenvalue weighted by molar-refractivity contribution is -0.144. The summed E-state index contributed by atoms with van der Waals surface area (Å²) in [5, 5.41) is 13.7. The summed E-state index contributed by atoms with van der Waals surface area (Å²) in [5.74, 6) is -0.972. The van der Waals surface area contributed by atoms with E-state index in [0.29, 0.717) is 28.9 Å². The topological polar surface area (TPSA) is 149 Å². The van der Waals surface area contributed by atoms with Gasteiger partial charge in [0.05, 0.1) is 19.0 Å². The minimum atomic E-state index is -3.79. The number of rotatable bonds is 15.